The Hall–Kier alpha value is -2.47. The Morgan fingerprint density at radius 3 is 1.49 bits per heavy atom. The van der Waals surface area contributed by atoms with Crippen molar-refractivity contribution in [2.24, 2.45) is 0 Å². The summed E-state index contributed by atoms with van der Waals surface area (Å²) in [7, 11) is 0. The summed E-state index contributed by atoms with van der Waals surface area (Å²) in [4.78, 5) is 0. The average molecular weight is 598 g/mol. The molecule has 0 saturated carbocycles. The van der Waals surface area contributed by atoms with Crippen LogP contribution in [0.4, 0.5) is 0 Å². The monoisotopic (exact) mass is 596 g/mol. The van der Waals surface area contributed by atoms with Crippen molar-refractivity contribution in [3.63, 3.8) is 0 Å². The van der Waals surface area contributed by atoms with Crippen molar-refractivity contribution in [2.75, 3.05) is 6.16 Å². The molecule has 0 spiro atoms. The van der Waals surface area contributed by atoms with Crippen molar-refractivity contribution in [1.82, 2.24) is 0 Å². The first kappa shape index (κ1) is 28.1. The molecule has 2 heteroatoms. The van der Waals surface area contributed by atoms with Gasteiger partial charge < -0.3 is 0 Å². The van der Waals surface area contributed by atoms with Crippen LogP contribution in [0.5, 0.6) is 0 Å². The third-order valence-corrected chi connectivity index (χ3v) is 19.2. The summed E-state index contributed by atoms with van der Waals surface area (Å²) in [5.41, 5.74) is 7.32. The van der Waals surface area contributed by atoms with Gasteiger partial charge in [0.15, 0.2) is 0 Å². The van der Waals surface area contributed by atoms with Crippen LogP contribution in [-0.2, 0) is 10.8 Å². The van der Waals surface area contributed by atoms with E-state index in [2.05, 4.69) is 153 Å². The molecule has 0 aromatic heterocycles. The second-order valence-corrected chi connectivity index (χ2v) is 21.8. The first-order chi connectivity index (χ1) is 18.5. The fraction of sp³-hybridized carbons (Fsp3) is 0.297. The minimum atomic E-state index is -2.99. The zero-order valence-corrected chi connectivity index (χ0v) is 26.7. The second kappa shape index (κ2) is 10.2. The Labute approximate surface area is 244 Å². The van der Waals surface area contributed by atoms with E-state index in [0.717, 1.165) is 12.6 Å². The van der Waals surface area contributed by atoms with Gasteiger partial charge in [0.2, 0.25) is 0 Å². The normalized spacial score (nSPS) is 17.0. The Kier molecular flexibility index (Phi) is 7.32. The third kappa shape index (κ3) is 4.77. The van der Waals surface area contributed by atoms with Gasteiger partial charge in [-0.25, -0.2) is 0 Å². The first-order valence-electron chi connectivity index (χ1n) is 14.2. The van der Waals surface area contributed by atoms with Gasteiger partial charge in [-0.1, -0.05) is 0 Å². The van der Waals surface area contributed by atoms with Crippen LogP contribution < -0.4 is 15.9 Å². The van der Waals surface area contributed by atoms with E-state index in [-0.39, 0.29) is 10.8 Å². The van der Waals surface area contributed by atoms with Gasteiger partial charge in [-0.2, -0.15) is 0 Å². The van der Waals surface area contributed by atoms with Crippen LogP contribution in [-0.4, -0.2) is 6.16 Å². The number of benzene rings is 4. The van der Waals surface area contributed by atoms with Crippen LogP contribution >= 0.6 is 20.8 Å². The number of allylic oxidation sites excluding steroid dienone is 1. The van der Waals surface area contributed by atoms with E-state index in [9.17, 15) is 0 Å². The molecule has 39 heavy (non-hydrogen) atoms. The van der Waals surface area contributed by atoms with E-state index in [1.165, 1.54) is 56.6 Å². The first-order valence-corrected chi connectivity index (χ1v) is 18.6. The van der Waals surface area contributed by atoms with Crippen molar-refractivity contribution in [3.8, 4) is 0 Å². The third-order valence-electron chi connectivity index (χ3n) is 9.30. The molecule has 0 amide bonds. The number of rotatable bonds is 7. The Balaban J connectivity index is 1.63. The molecule has 0 atom stereocenters. The van der Waals surface area contributed by atoms with Gasteiger partial charge in [0, 0.05) is 0 Å². The molecule has 5 rings (SSSR count). The number of hydrogen-bond donors (Lipinski definition) is 0. The zero-order valence-electron chi connectivity index (χ0n) is 24.2. The topological polar surface area (TPSA) is 0 Å². The standard InChI is InChI=1S/C37H42BrP/c1-28(33-27-35-34(26-29(33)2)36(3,4)23-24-37(35,5)6)22-25-39(38,30-16-10-7-11-17-30,31-18-12-8-13-19-31)32-20-14-9-15-21-32/h7-21,26-27H,1,22-25H2,2-6H3. The van der Waals surface area contributed by atoms with Crippen molar-refractivity contribution < 1.29 is 0 Å². The van der Waals surface area contributed by atoms with Gasteiger partial charge in [-0.15, -0.1) is 0 Å². The summed E-state index contributed by atoms with van der Waals surface area (Å²) >= 11 is 4.62. The SMILES string of the molecule is C=C(CCP(Br)(c1ccccc1)(c1ccccc1)c1ccccc1)c1cc2c(cc1C)C(C)(C)CCC2(C)C. The van der Waals surface area contributed by atoms with E-state index in [0.29, 0.717) is 0 Å². The summed E-state index contributed by atoms with van der Waals surface area (Å²) in [5, 5.41) is 1.09. The van der Waals surface area contributed by atoms with Gasteiger partial charge in [0.1, 0.15) is 0 Å². The van der Waals surface area contributed by atoms with Crippen molar-refractivity contribution in [1.29, 1.82) is 0 Å². The molecular weight excluding hydrogens is 555 g/mol. The maximum absolute atomic E-state index is 4.73. The summed E-state index contributed by atoms with van der Waals surface area (Å²) in [5.74, 6) is 0. The number of aryl methyl sites for hydroxylation is 1. The zero-order chi connectivity index (χ0) is 27.9. The molecule has 0 bridgehead atoms. The molecule has 4 aromatic carbocycles. The van der Waals surface area contributed by atoms with E-state index >= 15 is 0 Å². The number of hydrogen-bond acceptors (Lipinski definition) is 0. The Bertz CT molecular complexity index is 1380. The van der Waals surface area contributed by atoms with Crippen LogP contribution in [0.1, 0.15) is 69.2 Å². The molecule has 0 N–H and O–H groups in total. The van der Waals surface area contributed by atoms with Gasteiger partial charge in [-0.05, 0) is 0 Å². The van der Waals surface area contributed by atoms with Crippen molar-refractivity contribution in [2.45, 2.75) is 64.7 Å². The molecule has 4 aromatic rings. The van der Waals surface area contributed by atoms with Crippen molar-refractivity contribution in [3.05, 3.63) is 132 Å². The Morgan fingerprint density at radius 1 is 0.692 bits per heavy atom. The van der Waals surface area contributed by atoms with Gasteiger partial charge in [0.05, 0.1) is 0 Å². The molecule has 0 unspecified atom stereocenters. The number of halogens is 1. The van der Waals surface area contributed by atoms with E-state index < -0.39 is 5.31 Å². The molecular formula is C37H42BrP. The quantitative estimate of drug-likeness (QED) is 0.186. The number of fused-ring (bicyclic) bond motifs is 1. The second-order valence-electron chi connectivity index (χ2n) is 12.7. The molecule has 202 valence electrons. The van der Waals surface area contributed by atoms with Gasteiger partial charge in [0.25, 0.3) is 0 Å². The maximum atomic E-state index is 4.73. The predicted octanol–water partition coefficient (Wildman–Crippen LogP) is 9.59. The van der Waals surface area contributed by atoms with E-state index in [4.69, 9.17) is 6.58 Å². The summed E-state index contributed by atoms with van der Waals surface area (Å²) in [6, 6.07) is 38.2. The molecule has 0 fully saturated rings. The molecule has 0 nitrogen and oxygen atoms in total. The summed E-state index contributed by atoms with van der Waals surface area (Å²) in [6.45, 7) is 16.6. The predicted molar refractivity (Wildman–Crippen MR) is 179 cm³/mol. The molecule has 0 heterocycles. The van der Waals surface area contributed by atoms with Gasteiger partial charge >= 0.3 is 245 Å². The minimum absolute atomic E-state index is 0.181. The van der Waals surface area contributed by atoms with Crippen molar-refractivity contribution >= 4 is 42.3 Å². The fourth-order valence-corrected chi connectivity index (χ4v) is 14.0. The van der Waals surface area contributed by atoms with Crippen LogP contribution in [0.15, 0.2) is 110 Å². The molecule has 0 radical (unpaired) electrons. The van der Waals surface area contributed by atoms with E-state index in [1.807, 2.05) is 0 Å². The van der Waals surface area contributed by atoms with Crippen LogP contribution in [0.3, 0.4) is 0 Å². The Morgan fingerprint density at radius 2 is 1.08 bits per heavy atom. The van der Waals surface area contributed by atoms with E-state index in [1.54, 1.807) is 0 Å². The van der Waals surface area contributed by atoms with Gasteiger partial charge in [-0.3, -0.25) is 0 Å². The van der Waals surface area contributed by atoms with Crippen LogP contribution in [0, 0.1) is 6.92 Å². The van der Waals surface area contributed by atoms with Crippen LogP contribution in [0.25, 0.3) is 5.57 Å². The molecule has 1 aliphatic carbocycles. The molecule has 1 aliphatic rings. The fourth-order valence-electron chi connectivity index (χ4n) is 6.63. The molecule has 0 aliphatic heterocycles. The van der Waals surface area contributed by atoms with Crippen LogP contribution in [0.2, 0.25) is 0 Å². The molecule has 0 saturated heterocycles. The average Bonchev–Trinajstić information content (AvgIpc) is 2.95. The summed E-state index contributed by atoms with van der Waals surface area (Å²) < 4.78 is 0. The summed E-state index contributed by atoms with van der Waals surface area (Å²) in [6.07, 6.45) is 4.32.